The number of hydrogen-bond donors (Lipinski definition) is 1. The average molecular weight is 437 g/mol. The minimum atomic E-state index is -0.538. The topological polar surface area (TPSA) is 77.0 Å². The fourth-order valence-electron chi connectivity index (χ4n) is 2.59. The van der Waals surface area contributed by atoms with Crippen LogP contribution < -0.4 is 14.9 Å². The number of amides is 1. The van der Waals surface area contributed by atoms with Gasteiger partial charge in [-0.3, -0.25) is 4.79 Å². The van der Waals surface area contributed by atoms with Gasteiger partial charge in [-0.25, -0.2) is 10.2 Å². The van der Waals surface area contributed by atoms with E-state index in [2.05, 4.69) is 17.5 Å². The molecule has 0 spiro atoms. The molecule has 3 aromatic carbocycles. The Hall–Kier alpha value is -3.64. The Morgan fingerprint density at radius 2 is 1.65 bits per heavy atom. The zero-order valence-corrected chi connectivity index (χ0v) is 17.6. The first kappa shape index (κ1) is 22.1. The van der Waals surface area contributed by atoms with Crippen molar-refractivity contribution in [3.63, 3.8) is 0 Å². The van der Waals surface area contributed by atoms with Crippen molar-refractivity contribution in [3.05, 3.63) is 94.5 Å². The molecule has 0 saturated heterocycles. The number of aryl methyl sites for hydroxylation is 1. The summed E-state index contributed by atoms with van der Waals surface area (Å²) in [7, 11) is 0. The number of ether oxygens (including phenoxy) is 2. The molecule has 1 amide bonds. The predicted molar refractivity (Wildman–Crippen MR) is 120 cm³/mol. The molecule has 0 aliphatic heterocycles. The van der Waals surface area contributed by atoms with Gasteiger partial charge in [0.05, 0.1) is 16.8 Å². The quantitative estimate of drug-likeness (QED) is 0.241. The van der Waals surface area contributed by atoms with Crippen LogP contribution in [-0.2, 0) is 11.2 Å². The number of hydrazone groups is 1. The molecule has 0 heterocycles. The van der Waals surface area contributed by atoms with Gasteiger partial charge < -0.3 is 9.47 Å². The van der Waals surface area contributed by atoms with Crippen molar-refractivity contribution in [2.75, 3.05) is 6.61 Å². The minimum Gasteiger partial charge on any atom is -0.484 e. The molecule has 0 unspecified atom stereocenters. The molecular weight excluding hydrogens is 416 g/mol. The number of carbonyl (C=O) groups excluding carboxylic acids is 2. The fourth-order valence-corrected chi connectivity index (χ4v) is 2.80. The van der Waals surface area contributed by atoms with Gasteiger partial charge in [-0.1, -0.05) is 42.8 Å². The maximum atomic E-state index is 12.2. The number of nitrogens with one attached hydrogen (secondary N) is 1. The van der Waals surface area contributed by atoms with E-state index >= 15 is 0 Å². The molecule has 3 aromatic rings. The second-order valence-corrected chi connectivity index (χ2v) is 6.92. The Bertz CT molecular complexity index is 1060. The lowest BCUT2D eigenvalue weighted by Crippen LogP contribution is -2.24. The van der Waals surface area contributed by atoms with Gasteiger partial charge in [0.2, 0.25) is 0 Å². The fraction of sp³-hybridized carbons (Fsp3) is 0.125. The van der Waals surface area contributed by atoms with E-state index in [0.29, 0.717) is 27.6 Å². The predicted octanol–water partition coefficient (Wildman–Crippen LogP) is 4.65. The van der Waals surface area contributed by atoms with Crippen LogP contribution in [0.2, 0.25) is 5.02 Å². The van der Waals surface area contributed by atoms with E-state index in [1.54, 1.807) is 48.5 Å². The maximum absolute atomic E-state index is 12.2. The maximum Gasteiger partial charge on any atom is 0.345 e. The van der Waals surface area contributed by atoms with E-state index in [-0.39, 0.29) is 12.5 Å². The Balaban J connectivity index is 1.46. The summed E-state index contributed by atoms with van der Waals surface area (Å²) in [6.45, 7) is 1.93. The molecule has 7 heteroatoms. The first-order valence-corrected chi connectivity index (χ1v) is 10.0. The highest BCUT2D eigenvalue weighted by Crippen LogP contribution is 2.19. The summed E-state index contributed by atoms with van der Waals surface area (Å²) < 4.78 is 10.7. The van der Waals surface area contributed by atoms with Gasteiger partial charge in [-0.15, -0.1) is 0 Å². The van der Waals surface area contributed by atoms with E-state index in [4.69, 9.17) is 21.1 Å². The van der Waals surface area contributed by atoms with Crippen molar-refractivity contribution in [1.29, 1.82) is 0 Å². The monoisotopic (exact) mass is 436 g/mol. The number of benzene rings is 3. The molecule has 0 saturated carbocycles. The first-order valence-electron chi connectivity index (χ1n) is 9.65. The Kier molecular flexibility index (Phi) is 7.79. The van der Waals surface area contributed by atoms with Crippen molar-refractivity contribution in [2.45, 2.75) is 13.3 Å². The number of halogens is 1. The molecule has 0 atom stereocenters. The van der Waals surface area contributed by atoms with Crippen molar-refractivity contribution in [1.82, 2.24) is 5.43 Å². The standard InChI is InChI=1S/C24H21ClN2O4/c1-2-17-7-11-19(12-8-17)30-16-23(28)27-26-15-18-9-13-20(14-10-18)31-24(29)21-5-3-4-6-22(21)25/h3-15H,2,16H2,1H3,(H,27,28)/b26-15-. The SMILES string of the molecule is CCc1ccc(OCC(=O)N/N=C\c2ccc(OC(=O)c3ccccc3Cl)cc2)cc1. The Labute approximate surface area is 185 Å². The molecule has 6 nitrogen and oxygen atoms in total. The molecule has 0 radical (unpaired) electrons. The summed E-state index contributed by atoms with van der Waals surface area (Å²) in [6, 6.07) is 20.9. The second-order valence-electron chi connectivity index (χ2n) is 6.52. The number of rotatable bonds is 8. The third-order valence-electron chi connectivity index (χ3n) is 4.29. The van der Waals surface area contributed by atoms with Crippen molar-refractivity contribution >= 4 is 29.7 Å². The second kappa shape index (κ2) is 10.9. The van der Waals surface area contributed by atoms with Gasteiger partial charge in [0.15, 0.2) is 6.61 Å². The first-order chi connectivity index (χ1) is 15.0. The van der Waals surface area contributed by atoms with Gasteiger partial charge in [-0.2, -0.15) is 5.10 Å². The highest BCUT2D eigenvalue weighted by atomic mass is 35.5. The molecule has 0 fully saturated rings. The molecule has 0 aromatic heterocycles. The van der Waals surface area contributed by atoms with Crippen LogP contribution in [0.3, 0.4) is 0 Å². The molecule has 0 bridgehead atoms. The van der Waals surface area contributed by atoms with Crippen molar-refractivity contribution < 1.29 is 19.1 Å². The van der Waals surface area contributed by atoms with Gasteiger partial charge in [0, 0.05) is 0 Å². The highest BCUT2D eigenvalue weighted by Gasteiger charge is 2.11. The molecule has 3 rings (SSSR count). The normalized spacial score (nSPS) is 10.6. The van der Waals surface area contributed by atoms with Crippen LogP contribution in [0.15, 0.2) is 77.9 Å². The number of esters is 1. The highest BCUT2D eigenvalue weighted by molar-refractivity contribution is 6.33. The van der Waals surface area contributed by atoms with Crippen LogP contribution >= 0.6 is 11.6 Å². The Morgan fingerprint density at radius 3 is 2.32 bits per heavy atom. The largest absolute Gasteiger partial charge is 0.484 e. The van der Waals surface area contributed by atoms with Gasteiger partial charge in [-0.05, 0) is 66.1 Å². The van der Waals surface area contributed by atoms with Crippen LogP contribution in [0, 0.1) is 0 Å². The van der Waals surface area contributed by atoms with Crippen molar-refractivity contribution in [3.8, 4) is 11.5 Å². The van der Waals surface area contributed by atoms with Crippen molar-refractivity contribution in [2.24, 2.45) is 5.10 Å². The van der Waals surface area contributed by atoms with Gasteiger partial charge in [0.25, 0.3) is 5.91 Å². The van der Waals surface area contributed by atoms with E-state index in [9.17, 15) is 9.59 Å². The van der Waals surface area contributed by atoms with Gasteiger partial charge in [0.1, 0.15) is 11.5 Å². The Morgan fingerprint density at radius 1 is 0.968 bits per heavy atom. The number of nitrogens with zero attached hydrogens (tertiary/aromatic N) is 1. The minimum absolute atomic E-state index is 0.139. The van der Waals surface area contributed by atoms with Crippen LogP contribution in [0.1, 0.15) is 28.4 Å². The summed E-state index contributed by atoms with van der Waals surface area (Å²) in [4.78, 5) is 24.0. The third kappa shape index (κ3) is 6.69. The molecular formula is C24H21ClN2O4. The third-order valence-corrected chi connectivity index (χ3v) is 4.62. The molecule has 31 heavy (non-hydrogen) atoms. The average Bonchev–Trinajstić information content (AvgIpc) is 2.79. The van der Waals surface area contributed by atoms with Crippen LogP contribution in [-0.4, -0.2) is 24.7 Å². The zero-order chi connectivity index (χ0) is 22.1. The molecule has 1 N–H and O–H groups in total. The van der Waals surface area contributed by atoms with E-state index < -0.39 is 5.97 Å². The van der Waals surface area contributed by atoms with Gasteiger partial charge >= 0.3 is 5.97 Å². The zero-order valence-electron chi connectivity index (χ0n) is 16.9. The number of carbonyl (C=O) groups is 2. The molecule has 0 aliphatic rings. The summed E-state index contributed by atoms with van der Waals surface area (Å²) in [5, 5.41) is 4.23. The van der Waals surface area contributed by atoms with E-state index in [1.165, 1.54) is 11.8 Å². The summed E-state index contributed by atoms with van der Waals surface area (Å²) in [5.74, 6) is 0.0802. The summed E-state index contributed by atoms with van der Waals surface area (Å²) in [6.07, 6.45) is 2.42. The lowest BCUT2D eigenvalue weighted by atomic mass is 10.2. The van der Waals surface area contributed by atoms with E-state index in [0.717, 1.165) is 6.42 Å². The summed E-state index contributed by atoms with van der Waals surface area (Å²) in [5.41, 5.74) is 4.61. The lowest BCUT2D eigenvalue weighted by Gasteiger charge is -2.06. The summed E-state index contributed by atoms with van der Waals surface area (Å²) >= 11 is 6.00. The molecule has 158 valence electrons. The van der Waals surface area contributed by atoms with E-state index in [1.807, 2.05) is 24.3 Å². The lowest BCUT2D eigenvalue weighted by molar-refractivity contribution is -0.123. The van der Waals surface area contributed by atoms with Crippen LogP contribution in [0.5, 0.6) is 11.5 Å². The number of hydrogen-bond acceptors (Lipinski definition) is 5. The molecule has 0 aliphatic carbocycles. The van der Waals surface area contributed by atoms with Crippen LogP contribution in [0.25, 0.3) is 0 Å². The van der Waals surface area contributed by atoms with Crippen LogP contribution in [0.4, 0.5) is 0 Å². The smallest absolute Gasteiger partial charge is 0.345 e.